The van der Waals surface area contributed by atoms with E-state index in [-0.39, 0.29) is 12.3 Å². The van der Waals surface area contributed by atoms with Gasteiger partial charge in [0.2, 0.25) is 0 Å². The summed E-state index contributed by atoms with van der Waals surface area (Å²) in [5.41, 5.74) is 3.23. The smallest absolute Gasteiger partial charge is 0.368 e. The molecule has 0 atom stereocenters. The van der Waals surface area contributed by atoms with Crippen LogP contribution in [0, 0.1) is 6.92 Å². The number of nitrogens with zero attached hydrogens (tertiary/aromatic N) is 5. The van der Waals surface area contributed by atoms with Gasteiger partial charge in [-0.25, -0.2) is 9.78 Å². The van der Waals surface area contributed by atoms with Crippen LogP contribution >= 0.6 is 11.3 Å². The maximum atomic E-state index is 12.3. The molecule has 29 heavy (non-hydrogen) atoms. The number of benzene rings is 2. The molecule has 0 spiro atoms. The highest BCUT2D eigenvalue weighted by atomic mass is 32.1. The molecule has 2 heterocycles. The number of thiazole rings is 1. The lowest BCUT2D eigenvalue weighted by Gasteiger charge is -2.11. The van der Waals surface area contributed by atoms with Crippen LogP contribution in [-0.2, 0) is 13.7 Å². The lowest BCUT2D eigenvalue weighted by atomic mass is 10.1. The summed E-state index contributed by atoms with van der Waals surface area (Å²) in [6.45, 7) is 2.23. The van der Waals surface area contributed by atoms with E-state index in [1.807, 2.05) is 49.4 Å². The lowest BCUT2D eigenvalue weighted by Crippen LogP contribution is -2.23. The third kappa shape index (κ3) is 3.77. The summed E-state index contributed by atoms with van der Waals surface area (Å²) >= 11 is 1.46. The molecule has 2 aromatic heterocycles. The Morgan fingerprint density at radius 3 is 2.59 bits per heavy atom. The van der Waals surface area contributed by atoms with Crippen molar-refractivity contribution in [1.29, 1.82) is 0 Å². The molecule has 0 unspecified atom stereocenters. The van der Waals surface area contributed by atoms with Crippen LogP contribution < -0.4 is 15.2 Å². The Morgan fingerprint density at radius 1 is 1.10 bits per heavy atom. The van der Waals surface area contributed by atoms with Crippen molar-refractivity contribution in [2.24, 2.45) is 7.05 Å². The second-order valence-corrected chi connectivity index (χ2v) is 7.37. The van der Waals surface area contributed by atoms with E-state index in [1.165, 1.54) is 20.7 Å². The van der Waals surface area contributed by atoms with E-state index in [0.29, 0.717) is 10.9 Å². The highest BCUT2D eigenvalue weighted by Crippen LogP contribution is 2.32. The molecule has 0 aliphatic heterocycles. The van der Waals surface area contributed by atoms with Gasteiger partial charge in [0.05, 0.1) is 17.7 Å². The Bertz CT molecular complexity index is 1190. The molecular formula is C20H19N5O3S. The Morgan fingerprint density at radius 2 is 1.90 bits per heavy atom. The van der Waals surface area contributed by atoms with E-state index in [9.17, 15) is 4.79 Å². The summed E-state index contributed by atoms with van der Waals surface area (Å²) in [5.74, 6) is 0.807. The Hall–Kier alpha value is -3.46. The number of hydrogen-bond acceptors (Lipinski definition) is 7. The van der Waals surface area contributed by atoms with Crippen molar-refractivity contribution in [3.05, 3.63) is 70.3 Å². The van der Waals surface area contributed by atoms with Crippen LogP contribution in [0.25, 0.3) is 16.1 Å². The second kappa shape index (κ2) is 7.88. The molecular weight excluding hydrogens is 390 g/mol. The number of hydrogen-bond donors (Lipinski definition) is 0. The zero-order valence-electron chi connectivity index (χ0n) is 16.2. The van der Waals surface area contributed by atoms with Crippen LogP contribution in [0.5, 0.6) is 10.9 Å². The van der Waals surface area contributed by atoms with Crippen LogP contribution in [0.3, 0.4) is 0 Å². The predicted molar refractivity (Wildman–Crippen MR) is 110 cm³/mol. The monoisotopic (exact) mass is 409 g/mol. The Labute approximate surface area is 171 Å². The Kier molecular flexibility index (Phi) is 5.13. The summed E-state index contributed by atoms with van der Waals surface area (Å²) in [6, 6.07) is 13.5. The van der Waals surface area contributed by atoms with E-state index in [4.69, 9.17) is 9.47 Å². The van der Waals surface area contributed by atoms with Gasteiger partial charge in [0.1, 0.15) is 12.4 Å². The van der Waals surface area contributed by atoms with E-state index in [0.717, 1.165) is 27.3 Å². The van der Waals surface area contributed by atoms with Crippen molar-refractivity contribution in [3.63, 3.8) is 0 Å². The van der Waals surface area contributed by atoms with Gasteiger partial charge >= 0.3 is 5.69 Å². The number of aryl methyl sites for hydroxylation is 2. The first kappa shape index (κ1) is 18.9. The topological polar surface area (TPSA) is 84.1 Å². The number of aromatic nitrogens is 5. The minimum atomic E-state index is -0.312. The molecule has 0 amide bonds. The van der Waals surface area contributed by atoms with Gasteiger partial charge in [0, 0.05) is 18.8 Å². The average molecular weight is 409 g/mol. The molecule has 4 rings (SSSR count). The van der Waals surface area contributed by atoms with Gasteiger partial charge in [-0.2, -0.15) is 9.36 Å². The fourth-order valence-electron chi connectivity index (χ4n) is 2.89. The Balaban J connectivity index is 1.56. The molecule has 0 aliphatic rings. The molecule has 0 bridgehead atoms. The number of ether oxygens (including phenoxy) is 2. The molecule has 148 valence electrons. The van der Waals surface area contributed by atoms with E-state index in [1.54, 1.807) is 20.4 Å². The van der Waals surface area contributed by atoms with Gasteiger partial charge in [0.15, 0.2) is 0 Å². The van der Waals surface area contributed by atoms with Crippen LogP contribution in [-0.4, -0.2) is 31.9 Å². The van der Waals surface area contributed by atoms with Crippen molar-refractivity contribution in [1.82, 2.24) is 24.8 Å². The van der Waals surface area contributed by atoms with E-state index in [2.05, 4.69) is 15.4 Å². The van der Waals surface area contributed by atoms with Gasteiger partial charge in [-0.05, 0) is 58.8 Å². The zero-order chi connectivity index (χ0) is 20.4. The molecule has 0 saturated carbocycles. The normalized spacial score (nSPS) is 10.9. The summed E-state index contributed by atoms with van der Waals surface area (Å²) in [4.78, 5) is 17.6. The third-order valence-electron chi connectivity index (χ3n) is 4.53. The number of tetrazole rings is 1. The summed E-state index contributed by atoms with van der Waals surface area (Å²) in [6.07, 6.45) is 1.79. The maximum Gasteiger partial charge on any atom is 0.368 e. The molecule has 0 N–H and O–H groups in total. The lowest BCUT2D eigenvalue weighted by molar-refractivity contribution is 0.303. The molecule has 0 fully saturated rings. The van der Waals surface area contributed by atoms with Crippen LogP contribution in [0.1, 0.15) is 11.1 Å². The van der Waals surface area contributed by atoms with Gasteiger partial charge in [0.25, 0.3) is 5.19 Å². The summed E-state index contributed by atoms with van der Waals surface area (Å²) in [7, 11) is 3.21. The standard InChI is InChI=1S/C20H19N5O3S/c1-13-5-4-6-17(25-20(26)24(2)22-23-25)16(13)12-28-19-21-11-18(29-19)14-7-9-15(27-3)10-8-14/h4-11H,12H2,1-3H3. The first-order valence-electron chi connectivity index (χ1n) is 8.87. The number of methoxy groups -OCH3 is 1. The highest BCUT2D eigenvalue weighted by Gasteiger charge is 2.14. The van der Waals surface area contributed by atoms with Crippen LogP contribution in [0.2, 0.25) is 0 Å². The van der Waals surface area contributed by atoms with E-state index < -0.39 is 0 Å². The first-order valence-corrected chi connectivity index (χ1v) is 9.69. The van der Waals surface area contributed by atoms with Gasteiger partial charge < -0.3 is 9.47 Å². The summed E-state index contributed by atoms with van der Waals surface area (Å²) in [5, 5.41) is 8.28. The third-order valence-corrected chi connectivity index (χ3v) is 5.49. The second-order valence-electron chi connectivity index (χ2n) is 6.38. The molecule has 2 aromatic carbocycles. The quantitative estimate of drug-likeness (QED) is 0.487. The van der Waals surface area contributed by atoms with Gasteiger partial charge in [-0.15, -0.1) is 0 Å². The van der Waals surface area contributed by atoms with Crippen LogP contribution in [0.4, 0.5) is 0 Å². The van der Waals surface area contributed by atoms with Crippen molar-refractivity contribution in [2.75, 3.05) is 7.11 Å². The van der Waals surface area contributed by atoms with Crippen molar-refractivity contribution < 1.29 is 9.47 Å². The first-order chi connectivity index (χ1) is 14.1. The average Bonchev–Trinajstić information content (AvgIpc) is 3.34. The molecule has 0 saturated heterocycles. The van der Waals surface area contributed by atoms with Crippen molar-refractivity contribution in [2.45, 2.75) is 13.5 Å². The largest absolute Gasteiger partial charge is 0.497 e. The highest BCUT2D eigenvalue weighted by molar-refractivity contribution is 7.16. The predicted octanol–water partition coefficient (Wildman–Crippen LogP) is 2.99. The molecule has 9 heteroatoms. The minimum Gasteiger partial charge on any atom is -0.497 e. The van der Waals surface area contributed by atoms with E-state index >= 15 is 0 Å². The van der Waals surface area contributed by atoms with Gasteiger partial charge in [-0.1, -0.05) is 23.5 Å². The zero-order valence-corrected chi connectivity index (χ0v) is 17.0. The SMILES string of the molecule is COc1ccc(-c2cnc(OCc3c(C)cccc3-n3nnn(C)c3=O)s2)cc1. The van der Waals surface area contributed by atoms with Crippen LogP contribution in [0.15, 0.2) is 53.5 Å². The fourth-order valence-corrected chi connectivity index (χ4v) is 3.66. The maximum absolute atomic E-state index is 12.3. The molecule has 8 nitrogen and oxygen atoms in total. The fraction of sp³-hybridized carbons (Fsp3) is 0.200. The number of rotatable bonds is 6. The molecule has 4 aromatic rings. The van der Waals surface area contributed by atoms with Crippen molar-refractivity contribution in [3.8, 4) is 27.1 Å². The van der Waals surface area contributed by atoms with Crippen molar-refractivity contribution >= 4 is 11.3 Å². The molecule has 0 radical (unpaired) electrons. The minimum absolute atomic E-state index is 0.264. The molecule has 0 aliphatic carbocycles. The van der Waals surface area contributed by atoms with Gasteiger partial charge in [-0.3, -0.25) is 0 Å². The summed E-state index contributed by atoms with van der Waals surface area (Å²) < 4.78 is 13.6.